The van der Waals surface area contributed by atoms with Crippen molar-refractivity contribution in [3.8, 4) is 11.1 Å². The summed E-state index contributed by atoms with van der Waals surface area (Å²) in [5, 5.41) is 7.27. The molecule has 156 valence electrons. The van der Waals surface area contributed by atoms with Gasteiger partial charge in [-0.1, -0.05) is 30.3 Å². The van der Waals surface area contributed by atoms with Gasteiger partial charge in [-0.25, -0.2) is 9.78 Å². The SMILES string of the molecule is Cn1cc(-c2ccc(N(C(=O)NCc3ccccc3)C3CCC(N)CC3)nc2)cn1. The first-order valence-electron chi connectivity index (χ1n) is 10.4. The van der Waals surface area contributed by atoms with Gasteiger partial charge in [0, 0.05) is 49.2 Å². The van der Waals surface area contributed by atoms with Crippen LogP contribution in [0.25, 0.3) is 11.1 Å². The van der Waals surface area contributed by atoms with Crippen molar-refractivity contribution in [2.24, 2.45) is 12.8 Å². The maximum Gasteiger partial charge on any atom is 0.323 e. The Labute approximate surface area is 176 Å². The van der Waals surface area contributed by atoms with Crippen LogP contribution in [0.4, 0.5) is 10.6 Å². The Morgan fingerprint density at radius 1 is 1.10 bits per heavy atom. The Hall–Kier alpha value is -3.19. The van der Waals surface area contributed by atoms with Crippen LogP contribution in [0.1, 0.15) is 31.2 Å². The quantitative estimate of drug-likeness (QED) is 0.681. The zero-order valence-corrected chi connectivity index (χ0v) is 17.2. The van der Waals surface area contributed by atoms with E-state index in [-0.39, 0.29) is 18.1 Å². The lowest BCUT2D eigenvalue weighted by Crippen LogP contribution is -2.49. The molecular formula is C23H28N6O. The first-order valence-corrected chi connectivity index (χ1v) is 10.4. The van der Waals surface area contributed by atoms with Gasteiger partial charge in [0.2, 0.25) is 0 Å². The molecule has 2 heterocycles. The highest BCUT2D eigenvalue weighted by atomic mass is 16.2. The van der Waals surface area contributed by atoms with E-state index in [1.165, 1.54) is 0 Å². The number of anilines is 1. The lowest BCUT2D eigenvalue weighted by Gasteiger charge is -2.35. The van der Waals surface area contributed by atoms with E-state index < -0.39 is 0 Å². The maximum absolute atomic E-state index is 13.2. The molecule has 0 spiro atoms. The number of nitrogens with zero attached hydrogens (tertiary/aromatic N) is 4. The van der Waals surface area contributed by atoms with Crippen LogP contribution in [0.5, 0.6) is 0 Å². The number of carbonyl (C=O) groups is 1. The average molecular weight is 405 g/mol. The second-order valence-electron chi connectivity index (χ2n) is 7.89. The van der Waals surface area contributed by atoms with E-state index in [4.69, 9.17) is 5.73 Å². The Balaban J connectivity index is 1.54. The zero-order valence-electron chi connectivity index (χ0n) is 17.2. The van der Waals surface area contributed by atoms with Crippen molar-refractivity contribution < 1.29 is 4.79 Å². The molecule has 2 amide bonds. The van der Waals surface area contributed by atoms with Crippen molar-refractivity contribution in [3.63, 3.8) is 0 Å². The number of hydrogen-bond acceptors (Lipinski definition) is 4. The minimum atomic E-state index is -0.124. The minimum absolute atomic E-state index is 0.0947. The Morgan fingerprint density at radius 2 is 1.87 bits per heavy atom. The smallest absolute Gasteiger partial charge is 0.323 e. The molecule has 0 bridgehead atoms. The first kappa shape index (κ1) is 20.1. The van der Waals surface area contributed by atoms with Crippen LogP contribution >= 0.6 is 0 Å². The number of pyridine rings is 1. The van der Waals surface area contributed by atoms with E-state index >= 15 is 0 Å². The van der Waals surface area contributed by atoms with Crippen molar-refractivity contribution in [1.82, 2.24) is 20.1 Å². The molecule has 0 aliphatic heterocycles. The van der Waals surface area contributed by atoms with Crippen molar-refractivity contribution in [2.45, 2.75) is 44.3 Å². The molecule has 3 N–H and O–H groups in total. The van der Waals surface area contributed by atoms with Crippen molar-refractivity contribution in [1.29, 1.82) is 0 Å². The molecule has 2 aromatic heterocycles. The number of nitrogens with two attached hydrogens (primary N) is 1. The van der Waals surface area contributed by atoms with Gasteiger partial charge in [0.15, 0.2) is 0 Å². The molecule has 1 saturated carbocycles. The third-order valence-corrected chi connectivity index (χ3v) is 5.64. The molecule has 0 radical (unpaired) electrons. The van der Waals surface area contributed by atoms with Crippen molar-refractivity contribution in [2.75, 3.05) is 4.90 Å². The average Bonchev–Trinajstić information content (AvgIpc) is 3.21. The summed E-state index contributed by atoms with van der Waals surface area (Å²) in [5.74, 6) is 0.661. The van der Waals surface area contributed by atoms with E-state index in [0.717, 1.165) is 42.4 Å². The fourth-order valence-electron chi connectivity index (χ4n) is 3.95. The van der Waals surface area contributed by atoms with Gasteiger partial charge in [-0.3, -0.25) is 9.58 Å². The highest BCUT2D eigenvalue weighted by Gasteiger charge is 2.29. The number of urea groups is 1. The Kier molecular flexibility index (Phi) is 6.09. The van der Waals surface area contributed by atoms with Gasteiger partial charge in [0.05, 0.1) is 6.20 Å². The summed E-state index contributed by atoms with van der Waals surface area (Å²) in [6.45, 7) is 0.482. The molecule has 0 saturated heterocycles. The van der Waals surface area contributed by atoms with E-state index in [1.54, 1.807) is 10.9 Å². The highest BCUT2D eigenvalue weighted by molar-refractivity contribution is 5.91. The van der Waals surface area contributed by atoms with E-state index in [2.05, 4.69) is 15.4 Å². The third kappa shape index (κ3) is 4.68. The van der Waals surface area contributed by atoms with Crippen LogP contribution in [-0.4, -0.2) is 32.9 Å². The first-order chi connectivity index (χ1) is 14.6. The van der Waals surface area contributed by atoms with Gasteiger partial charge in [0.25, 0.3) is 0 Å². The molecule has 0 atom stereocenters. The largest absolute Gasteiger partial charge is 0.334 e. The molecule has 30 heavy (non-hydrogen) atoms. The van der Waals surface area contributed by atoms with Crippen molar-refractivity contribution >= 4 is 11.8 Å². The van der Waals surface area contributed by atoms with Gasteiger partial charge in [-0.05, 0) is 43.4 Å². The summed E-state index contributed by atoms with van der Waals surface area (Å²) in [6.07, 6.45) is 9.16. The van der Waals surface area contributed by atoms with E-state index in [9.17, 15) is 4.79 Å². The second kappa shape index (κ2) is 9.09. The summed E-state index contributed by atoms with van der Waals surface area (Å²) in [6, 6.07) is 14.0. The number of rotatable bonds is 5. The van der Waals surface area contributed by atoms with Crippen LogP contribution in [0.2, 0.25) is 0 Å². The number of hydrogen-bond donors (Lipinski definition) is 2. The normalized spacial score (nSPS) is 18.7. The van der Waals surface area contributed by atoms with E-state index in [1.807, 2.05) is 66.8 Å². The summed E-state index contributed by atoms with van der Waals surface area (Å²) in [4.78, 5) is 19.6. The summed E-state index contributed by atoms with van der Waals surface area (Å²) >= 11 is 0. The standard InChI is InChI=1S/C23H28N6O/c1-28-16-19(15-27-28)18-7-12-22(25-14-18)29(21-10-8-20(24)9-11-21)23(30)26-13-17-5-3-2-4-6-17/h2-7,12,14-16,20-21H,8-11,13,24H2,1H3,(H,26,30). The number of aryl methyl sites for hydroxylation is 1. The van der Waals surface area contributed by atoms with Crippen LogP contribution in [0.3, 0.4) is 0 Å². The van der Waals surface area contributed by atoms with Gasteiger partial charge in [0.1, 0.15) is 5.82 Å². The zero-order chi connectivity index (χ0) is 20.9. The van der Waals surface area contributed by atoms with Gasteiger partial charge in [-0.2, -0.15) is 5.10 Å². The molecular weight excluding hydrogens is 376 g/mol. The lowest BCUT2D eigenvalue weighted by molar-refractivity contribution is 0.239. The van der Waals surface area contributed by atoms with Gasteiger partial charge < -0.3 is 11.1 Å². The fourth-order valence-corrected chi connectivity index (χ4v) is 3.95. The summed E-state index contributed by atoms with van der Waals surface area (Å²) in [5.41, 5.74) is 9.13. The molecule has 0 unspecified atom stereocenters. The monoisotopic (exact) mass is 404 g/mol. The summed E-state index contributed by atoms with van der Waals surface area (Å²) in [7, 11) is 1.89. The third-order valence-electron chi connectivity index (χ3n) is 5.64. The van der Waals surface area contributed by atoms with Gasteiger partial charge >= 0.3 is 6.03 Å². The van der Waals surface area contributed by atoms with Crippen LogP contribution in [-0.2, 0) is 13.6 Å². The number of aromatic nitrogens is 3. The Bertz CT molecular complexity index is 961. The topological polar surface area (TPSA) is 89.1 Å². The molecule has 7 heteroatoms. The number of benzene rings is 1. The molecule has 1 aliphatic rings. The van der Waals surface area contributed by atoms with Crippen LogP contribution in [0, 0.1) is 0 Å². The van der Waals surface area contributed by atoms with Crippen LogP contribution in [0.15, 0.2) is 61.1 Å². The number of carbonyl (C=O) groups excluding carboxylic acids is 1. The highest BCUT2D eigenvalue weighted by Crippen LogP contribution is 2.27. The fraction of sp³-hybridized carbons (Fsp3) is 0.348. The van der Waals surface area contributed by atoms with Crippen LogP contribution < -0.4 is 16.0 Å². The predicted molar refractivity (Wildman–Crippen MR) is 118 cm³/mol. The number of nitrogens with one attached hydrogen (secondary N) is 1. The molecule has 7 nitrogen and oxygen atoms in total. The molecule has 1 fully saturated rings. The number of amides is 2. The second-order valence-corrected chi connectivity index (χ2v) is 7.89. The maximum atomic E-state index is 13.2. The Morgan fingerprint density at radius 3 is 2.50 bits per heavy atom. The minimum Gasteiger partial charge on any atom is -0.334 e. The predicted octanol–water partition coefficient (Wildman–Crippen LogP) is 3.47. The molecule has 1 aliphatic carbocycles. The molecule has 4 rings (SSSR count). The van der Waals surface area contributed by atoms with Gasteiger partial charge in [-0.15, -0.1) is 0 Å². The van der Waals surface area contributed by atoms with Crippen molar-refractivity contribution in [3.05, 3.63) is 66.6 Å². The van der Waals surface area contributed by atoms with E-state index in [0.29, 0.717) is 12.4 Å². The summed E-state index contributed by atoms with van der Waals surface area (Å²) < 4.78 is 1.76. The molecule has 1 aromatic carbocycles. The molecule has 3 aromatic rings. The lowest BCUT2D eigenvalue weighted by atomic mass is 9.91.